The van der Waals surface area contributed by atoms with Gasteiger partial charge in [0.25, 0.3) is 0 Å². The van der Waals surface area contributed by atoms with Crippen molar-refractivity contribution in [2.75, 3.05) is 21.3 Å². The highest BCUT2D eigenvalue weighted by molar-refractivity contribution is 5.78. The van der Waals surface area contributed by atoms with Crippen LogP contribution < -0.4 is 11.1 Å². The van der Waals surface area contributed by atoms with E-state index in [9.17, 15) is 22.8 Å². The number of aliphatic carboxylic acids is 1. The molecule has 4 saturated heterocycles. The number of fused-ring (bicyclic) bond motifs is 2. The quantitative estimate of drug-likeness (QED) is 0.291. The van der Waals surface area contributed by atoms with Crippen LogP contribution in [-0.4, -0.2) is 123 Å². The Bertz CT molecular complexity index is 1010. The maximum Gasteiger partial charge on any atom is 0.490 e. The number of nitrogens with two attached hydrogens (primary N) is 1. The standard InChI is InChI=1S/C23H38N2O11.C2HF3O2/c1-22(2)33-16-14(31-20(29-6)18(16)35-22)10(24)8-12(26)25-11(9-13(27)28-5)15-17-19(21(30-7)32-15)36-23(3,4)34-17;3-2(4,5)1(6)7/h10-11,14-21H,8-9,24H2,1-7H3,(H,25,26);(H,6,7)/t10-,11+,14-,15-,16+,17+,18+,19+,20+,21+;/m1./s1. The molecule has 0 saturated carbocycles. The molecular weight excluding hydrogens is 593 g/mol. The molecule has 0 unspecified atom stereocenters. The average Bonchev–Trinajstić information content (AvgIpc) is 3.58. The second kappa shape index (κ2) is 13.5. The summed E-state index contributed by atoms with van der Waals surface area (Å²) in [5.41, 5.74) is 6.40. The molecule has 0 aliphatic carbocycles. The SMILES string of the molecule is COC(=O)C[C@H](NC(=O)C[C@@H](N)[C@H]1O[C@H](OC)[C@H]2OC(C)(C)O[C@H]21)[C@H]1O[C@H](OC)[C@H]2OC(C)(C)O[C@H]21.O=C(O)C(F)(F)F. The Balaban J connectivity index is 0.000000646. The van der Waals surface area contributed by atoms with Gasteiger partial charge in [-0.2, -0.15) is 13.2 Å². The third-order valence-electron chi connectivity index (χ3n) is 7.00. The smallest absolute Gasteiger partial charge is 0.475 e. The van der Waals surface area contributed by atoms with Gasteiger partial charge in [-0.25, -0.2) is 4.79 Å². The molecule has 43 heavy (non-hydrogen) atoms. The minimum atomic E-state index is -5.08. The van der Waals surface area contributed by atoms with Gasteiger partial charge in [0.1, 0.15) is 36.6 Å². The van der Waals surface area contributed by atoms with Gasteiger partial charge in [-0.15, -0.1) is 0 Å². The van der Waals surface area contributed by atoms with Crippen molar-refractivity contribution >= 4 is 17.8 Å². The molecule has 0 spiro atoms. The zero-order valence-electron chi connectivity index (χ0n) is 24.7. The third kappa shape index (κ3) is 8.52. The van der Waals surface area contributed by atoms with Gasteiger partial charge >= 0.3 is 18.1 Å². The number of carbonyl (C=O) groups is 3. The van der Waals surface area contributed by atoms with Crippen molar-refractivity contribution in [3.8, 4) is 0 Å². The number of methoxy groups -OCH3 is 3. The van der Waals surface area contributed by atoms with Gasteiger partial charge < -0.3 is 58.8 Å². The first-order chi connectivity index (χ1) is 19.8. The molecule has 10 atom stereocenters. The van der Waals surface area contributed by atoms with Crippen LogP contribution in [0.15, 0.2) is 0 Å². The van der Waals surface area contributed by atoms with Crippen molar-refractivity contribution in [3.63, 3.8) is 0 Å². The molecule has 4 rings (SSSR count). The summed E-state index contributed by atoms with van der Waals surface area (Å²) in [7, 11) is 4.27. The first-order valence-corrected chi connectivity index (χ1v) is 13.3. The number of rotatable bonds is 9. The number of esters is 1. The van der Waals surface area contributed by atoms with Crippen LogP contribution in [0.25, 0.3) is 0 Å². The topological polar surface area (TPSA) is 193 Å². The monoisotopic (exact) mass is 632 g/mol. The van der Waals surface area contributed by atoms with Crippen LogP contribution in [0.4, 0.5) is 13.2 Å². The fraction of sp³-hybridized carbons (Fsp3) is 0.880. The van der Waals surface area contributed by atoms with E-state index in [1.807, 2.05) is 0 Å². The fourth-order valence-corrected chi connectivity index (χ4v) is 5.34. The van der Waals surface area contributed by atoms with Crippen molar-refractivity contribution in [1.29, 1.82) is 0 Å². The van der Waals surface area contributed by atoms with Gasteiger partial charge in [0.05, 0.1) is 19.6 Å². The zero-order valence-corrected chi connectivity index (χ0v) is 24.7. The molecule has 248 valence electrons. The molecule has 4 heterocycles. The van der Waals surface area contributed by atoms with Gasteiger partial charge in [-0.05, 0) is 27.7 Å². The Hall–Kier alpha value is -2.16. The maximum atomic E-state index is 13.1. The minimum absolute atomic E-state index is 0.108. The lowest BCUT2D eigenvalue weighted by molar-refractivity contribution is -0.230. The summed E-state index contributed by atoms with van der Waals surface area (Å²) in [6.07, 6.45) is -10.1. The summed E-state index contributed by atoms with van der Waals surface area (Å²) < 4.78 is 83.1. The Labute approximate surface area is 245 Å². The Kier molecular flexibility index (Phi) is 11.0. The second-order valence-electron chi connectivity index (χ2n) is 11.2. The van der Waals surface area contributed by atoms with Crippen LogP contribution in [-0.2, 0) is 57.0 Å². The molecule has 4 aliphatic rings. The highest BCUT2D eigenvalue weighted by atomic mass is 19.4. The number of halogens is 3. The number of nitrogens with one attached hydrogen (secondary N) is 1. The summed E-state index contributed by atoms with van der Waals surface area (Å²) >= 11 is 0. The van der Waals surface area contributed by atoms with Crippen LogP contribution in [0.5, 0.6) is 0 Å². The van der Waals surface area contributed by atoms with Crippen molar-refractivity contribution in [1.82, 2.24) is 5.32 Å². The molecule has 0 bridgehead atoms. The van der Waals surface area contributed by atoms with Gasteiger partial charge in [0, 0.05) is 26.7 Å². The van der Waals surface area contributed by atoms with Gasteiger partial charge in [-0.3, -0.25) is 9.59 Å². The number of carbonyl (C=O) groups excluding carboxylic acids is 2. The van der Waals surface area contributed by atoms with E-state index in [0.717, 1.165) is 0 Å². The lowest BCUT2D eigenvalue weighted by atomic mass is 9.98. The second-order valence-corrected chi connectivity index (χ2v) is 11.2. The van der Waals surface area contributed by atoms with E-state index in [-0.39, 0.29) is 12.8 Å². The Morgan fingerprint density at radius 1 is 0.837 bits per heavy atom. The minimum Gasteiger partial charge on any atom is -0.475 e. The predicted molar refractivity (Wildman–Crippen MR) is 134 cm³/mol. The van der Waals surface area contributed by atoms with E-state index in [2.05, 4.69) is 5.32 Å². The summed E-state index contributed by atoms with van der Waals surface area (Å²) in [5, 5.41) is 9.99. The number of hydrogen-bond donors (Lipinski definition) is 3. The number of carboxylic acid groups (broad SMARTS) is 1. The van der Waals surface area contributed by atoms with Crippen molar-refractivity contribution in [3.05, 3.63) is 0 Å². The normalized spacial score (nSPS) is 35.2. The lowest BCUT2D eigenvalue weighted by Gasteiger charge is -2.30. The third-order valence-corrected chi connectivity index (χ3v) is 7.00. The van der Waals surface area contributed by atoms with E-state index in [0.29, 0.717) is 0 Å². The fourth-order valence-electron chi connectivity index (χ4n) is 5.34. The molecule has 15 nitrogen and oxygen atoms in total. The molecule has 0 aromatic carbocycles. The highest BCUT2D eigenvalue weighted by Gasteiger charge is 2.59. The van der Waals surface area contributed by atoms with E-state index in [1.165, 1.54) is 21.3 Å². The van der Waals surface area contributed by atoms with Crippen molar-refractivity contribution in [2.24, 2.45) is 5.73 Å². The summed E-state index contributed by atoms with van der Waals surface area (Å²) in [4.78, 5) is 34.2. The van der Waals surface area contributed by atoms with Gasteiger partial charge in [0.2, 0.25) is 5.91 Å². The van der Waals surface area contributed by atoms with Gasteiger partial charge in [-0.1, -0.05) is 0 Å². The summed E-state index contributed by atoms with van der Waals surface area (Å²) in [6.45, 7) is 7.15. The van der Waals surface area contributed by atoms with Crippen LogP contribution >= 0.6 is 0 Å². The Morgan fingerprint density at radius 3 is 1.67 bits per heavy atom. The molecule has 0 aromatic heterocycles. The van der Waals surface area contributed by atoms with Crippen LogP contribution in [0, 0.1) is 0 Å². The first-order valence-electron chi connectivity index (χ1n) is 13.3. The van der Waals surface area contributed by atoms with E-state index >= 15 is 0 Å². The van der Waals surface area contributed by atoms with Crippen molar-refractivity contribution in [2.45, 2.75) is 120 Å². The lowest BCUT2D eigenvalue weighted by Crippen LogP contribution is -2.52. The van der Waals surface area contributed by atoms with E-state index in [1.54, 1.807) is 27.7 Å². The predicted octanol–water partition coefficient (Wildman–Crippen LogP) is 0.168. The molecule has 4 aliphatic heterocycles. The number of hydrogen-bond acceptors (Lipinski definition) is 13. The summed E-state index contributed by atoms with van der Waals surface area (Å²) in [5.74, 6) is -5.39. The number of alkyl halides is 3. The Morgan fingerprint density at radius 2 is 1.26 bits per heavy atom. The maximum absolute atomic E-state index is 13.1. The number of ether oxygens (including phenoxy) is 9. The molecule has 1 amide bonds. The first kappa shape index (κ1) is 35.3. The summed E-state index contributed by atoms with van der Waals surface area (Å²) in [6, 6.07) is -1.51. The molecule has 4 N–H and O–H groups in total. The largest absolute Gasteiger partial charge is 0.490 e. The molecular formula is C25H39F3N2O13. The van der Waals surface area contributed by atoms with E-state index in [4.69, 9.17) is 58.3 Å². The zero-order chi connectivity index (χ0) is 32.5. The number of amides is 1. The van der Waals surface area contributed by atoms with Crippen LogP contribution in [0.1, 0.15) is 40.5 Å². The van der Waals surface area contributed by atoms with Crippen molar-refractivity contribution < 1.29 is 75.3 Å². The molecule has 18 heteroatoms. The van der Waals surface area contributed by atoms with E-state index < -0.39 is 96.9 Å². The number of carboxylic acids is 1. The van der Waals surface area contributed by atoms with Crippen LogP contribution in [0.3, 0.4) is 0 Å². The molecule has 0 aromatic rings. The molecule has 0 radical (unpaired) electrons. The van der Waals surface area contributed by atoms with Crippen LogP contribution in [0.2, 0.25) is 0 Å². The average molecular weight is 633 g/mol. The van der Waals surface area contributed by atoms with Gasteiger partial charge in [0.15, 0.2) is 24.2 Å². The highest BCUT2D eigenvalue weighted by Crippen LogP contribution is 2.41. The molecule has 4 fully saturated rings.